The van der Waals surface area contributed by atoms with Crippen LogP contribution >= 0.6 is 11.6 Å². The SMILES string of the molecule is OCc1c(F)cc(O)c(Cl)c1F. The van der Waals surface area contributed by atoms with Gasteiger partial charge in [-0.1, -0.05) is 11.6 Å². The molecule has 1 aromatic rings. The van der Waals surface area contributed by atoms with E-state index in [1.807, 2.05) is 0 Å². The number of benzene rings is 1. The van der Waals surface area contributed by atoms with Crippen molar-refractivity contribution >= 4 is 11.6 Å². The number of rotatable bonds is 1. The number of phenols is 1. The molecule has 1 aromatic carbocycles. The summed E-state index contributed by atoms with van der Waals surface area (Å²) >= 11 is 5.23. The molecule has 0 amide bonds. The summed E-state index contributed by atoms with van der Waals surface area (Å²) in [6, 6.07) is 0.650. The zero-order valence-corrected chi connectivity index (χ0v) is 6.57. The minimum absolute atomic E-state index is 0.544. The van der Waals surface area contributed by atoms with Gasteiger partial charge in [-0.2, -0.15) is 0 Å². The van der Waals surface area contributed by atoms with E-state index >= 15 is 0 Å². The molecule has 1 rings (SSSR count). The average molecular weight is 195 g/mol. The van der Waals surface area contributed by atoms with Gasteiger partial charge in [0.05, 0.1) is 12.2 Å². The third-order valence-electron chi connectivity index (χ3n) is 1.39. The maximum absolute atomic E-state index is 12.8. The van der Waals surface area contributed by atoms with Crippen LogP contribution in [0, 0.1) is 11.6 Å². The van der Waals surface area contributed by atoms with Crippen LogP contribution in [0.5, 0.6) is 5.75 Å². The van der Waals surface area contributed by atoms with Crippen molar-refractivity contribution in [3.05, 3.63) is 28.3 Å². The van der Waals surface area contributed by atoms with E-state index in [0.29, 0.717) is 6.07 Å². The van der Waals surface area contributed by atoms with Crippen molar-refractivity contribution in [2.45, 2.75) is 6.61 Å². The van der Waals surface area contributed by atoms with E-state index in [2.05, 4.69) is 0 Å². The second-order valence-electron chi connectivity index (χ2n) is 2.14. The third kappa shape index (κ3) is 1.35. The van der Waals surface area contributed by atoms with Crippen LogP contribution in [0.3, 0.4) is 0 Å². The van der Waals surface area contributed by atoms with Crippen molar-refractivity contribution in [3.8, 4) is 5.75 Å². The summed E-state index contributed by atoms with van der Waals surface area (Å²) in [6.45, 7) is -0.794. The van der Waals surface area contributed by atoms with Gasteiger partial charge >= 0.3 is 0 Å². The molecular formula is C7H5ClF2O2. The number of aliphatic hydroxyl groups is 1. The molecule has 0 aliphatic heterocycles. The molecule has 0 radical (unpaired) electrons. The van der Waals surface area contributed by atoms with Gasteiger partial charge in [-0.25, -0.2) is 8.78 Å². The van der Waals surface area contributed by atoms with Crippen LogP contribution in [0.1, 0.15) is 5.56 Å². The first kappa shape index (κ1) is 9.22. The molecule has 0 bridgehead atoms. The monoisotopic (exact) mass is 194 g/mol. The summed E-state index contributed by atoms with van der Waals surface area (Å²) in [5.41, 5.74) is -0.544. The minimum Gasteiger partial charge on any atom is -0.506 e. The Balaban J connectivity index is 3.40. The van der Waals surface area contributed by atoms with E-state index in [-0.39, 0.29) is 0 Å². The normalized spacial score (nSPS) is 10.3. The van der Waals surface area contributed by atoms with Gasteiger partial charge in [-0.05, 0) is 0 Å². The average Bonchev–Trinajstić information content (AvgIpc) is 2.01. The van der Waals surface area contributed by atoms with Crippen LogP contribution in [0.2, 0.25) is 5.02 Å². The molecule has 2 N–H and O–H groups in total. The highest BCUT2D eigenvalue weighted by Gasteiger charge is 2.15. The van der Waals surface area contributed by atoms with Gasteiger partial charge in [-0.15, -0.1) is 0 Å². The van der Waals surface area contributed by atoms with E-state index in [9.17, 15) is 8.78 Å². The molecule has 0 aliphatic carbocycles. The number of halogens is 3. The van der Waals surface area contributed by atoms with Crippen LogP contribution in [-0.2, 0) is 6.61 Å². The highest BCUT2D eigenvalue weighted by atomic mass is 35.5. The molecule has 0 unspecified atom stereocenters. The molecule has 0 aromatic heterocycles. The number of hydrogen-bond acceptors (Lipinski definition) is 2. The predicted molar refractivity (Wildman–Crippen MR) is 39.0 cm³/mol. The molecule has 5 heteroatoms. The molecule has 12 heavy (non-hydrogen) atoms. The molecule has 0 saturated carbocycles. The summed E-state index contributed by atoms with van der Waals surface area (Å²) in [5, 5.41) is 16.7. The Kier molecular flexibility index (Phi) is 2.49. The highest BCUT2D eigenvalue weighted by Crippen LogP contribution is 2.30. The summed E-state index contributed by atoms with van der Waals surface area (Å²) in [7, 11) is 0. The lowest BCUT2D eigenvalue weighted by Crippen LogP contribution is -1.96. The molecule has 0 atom stereocenters. The van der Waals surface area contributed by atoms with Gasteiger partial charge in [0.25, 0.3) is 0 Å². The third-order valence-corrected chi connectivity index (χ3v) is 1.75. The minimum atomic E-state index is -1.13. The van der Waals surface area contributed by atoms with Crippen molar-refractivity contribution in [1.82, 2.24) is 0 Å². The fourth-order valence-electron chi connectivity index (χ4n) is 0.765. The summed E-state index contributed by atoms with van der Waals surface area (Å²) in [6.07, 6.45) is 0. The molecule has 66 valence electrons. The highest BCUT2D eigenvalue weighted by molar-refractivity contribution is 6.32. The lowest BCUT2D eigenvalue weighted by atomic mass is 10.2. The molecule has 2 nitrogen and oxygen atoms in total. The fourth-order valence-corrected chi connectivity index (χ4v) is 0.934. The first-order valence-electron chi connectivity index (χ1n) is 3.04. The second kappa shape index (κ2) is 3.25. The molecular weight excluding hydrogens is 190 g/mol. The Morgan fingerprint density at radius 3 is 2.50 bits per heavy atom. The lowest BCUT2D eigenvalue weighted by Gasteiger charge is -2.04. The van der Waals surface area contributed by atoms with Crippen molar-refractivity contribution < 1.29 is 19.0 Å². The fraction of sp³-hybridized carbons (Fsp3) is 0.143. The standard InChI is InChI=1S/C7H5ClF2O2/c8-6-5(12)1-4(9)3(2-11)7(6)10/h1,11-12H,2H2. The molecule has 0 fully saturated rings. The van der Waals surface area contributed by atoms with Crippen molar-refractivity contribution in [2.75, 3.05) is 0 Å². The van der Waals surface area contributed by atoms with Crippen molar-refractivity contribution in [2.24, 2.45) is 0 Å². The van der Waals surface area contributed by atoms with E-state index in [1.165, 1.54) is 0 Å². The van der Waals surface area contributed by atoms with Gasteiger partial charge in [0, 0.05) is 6.07 Å². The van der Waals surface area contributed by atoms with E-state index in [0.717, 1.165) is 0 Å². The summed E-state index contributed by atoms with van der Waals surface area (Å²) in [4.78, 5) is 0. The maximum atomic E-state index is 12.8. The molecule has 0 spiro atoms. The molecule has 0 saturated heterocycles. The number of phenolic OH excluding ortho intramolecular Hbond substituents is 1. The Morgan fingerprint density at radius 1 is 1.42 bits per heavy atom. The second-order valence-corrected chi connectivity index (χ2v) is 2.52. The zero-order valence-electron chi connectivity index (χ0n) is 5.81. The first-order chi connectivity index (χ1) is 5.57. The van der Waals surface area contributed by atoms with Crippen LogP contribution in [0.15, 0.2) is 6.07 Å². The van der Waals surface area contributed by atoms with Gasteiger partial charge in [0.15, 0.2) is 5.82 Å². The Morgan fingerprint density at radius 2 is 2.00 bits per heavy atom. The first-order valence-corrected chi connectivity index (χ1v) is 3.42. The van der Waals surface area contributed by atoms with Crippen LogP contribution in [0.25, 0.3) is 0 Å². The van der Waals surface area contributed by atoms with E-state index in [4.69, 9.17) is 21.8 Å². The zero-order chi connectivity index (χ0) is 9.30. The van der Waals surface area contributed by atoms with E-state index in [1.54, 1.807) is 0 Å². The number of aliphatic hydroxyl groups excluding tert-OH is 1. The topological polar surface area (TPSA) is 40.5 Å². The van der Waals surface area contributed by atoms with Gasteiger partial charge < -0.3 is 10.2 Å². The molecule has 0 heterocycles. The van der Waals surface area contributed by atoms with Crippen LogP contribution < -0.4 is 0 Å². The number of hydrogen-bond donors (Lipinski definition) is 2. The van der Waals surface area contributed by atoms with E-state index < -0.39 is 34.6 Å². The van der Waals surface area contributed by atoms with Gasteiger partial charge in [0.2, 0.25) is 0 Å². The van der Waals surface area contributed by atoms with Gasteiger partial charge in [0.1, 0.15) is 16.6 Å². The van der Waals surface area contributed by atoms with Crippen LogP contribution in [-0.4, -0.2) is 10.2 Å². The Labute approximate surface area is 72.0 Å². The smallest absolute Gasteiger partial charge is 0.154 e. The summed E-state index contributed by atoms with van der Waals surface area (Å²) < 4.78 is 25.5. The van der Waals surface area contributed by atoms with Gasteiger partial charge in [-0.3, -0.25) is 0 Å². The Bertz CT molecular complexity index is 315. The van der Waals surface area contributed by atoms with Crippen LogP contribution in [0.4, 0.5) is 8.78 Å². The largest absolute Gasteiger partial charge is 0.506 e. The lowest BCUT2D eigenvalue weighted by molar-refractivity contribution is 0.268. The van der Waals surface area contributed by atoms with Crippen molar-refractivity contribution in [3.63, 3.8) is 0 Å². The molecule has 0 aliphatic rings. The maximum Gasteiger partial charge on any atom is 0.154 e. The van der Waals surface area contributed by atoms with Crippen molar-refractivity contribution in [1.29, 1.82) is 0 Å². The Hall–Kier alpha value is -0.870. The summed E-state index contributed by atoms with van der Waals surface area (Å²) in [5.74, 6) is -2.82. The quantitative estimate of drug-likeness (QED) is 0.670. The predicted octanol–water partition coefficient (Wildman–Crippen LogP) is 1.82. The number of aromatic hydroxyl groups is 1.